The predicted molar refractivity (Wildman–Crippen MR) is 72.2 cm³/mol. The normalized spacial score (nSPS) is 12.8. The monoisotopic (exact) mass is 236 g/mol. The highest BCUT2D eigenvalue weighted by Crippen LogP contribution is 2.12. The zero-order chi connectivity index (χ0) is 12.8. The van der Waals surface area contributed by atoms with Gasteiger partial charge in [-0.15, -0.1) is 0 Å². The zero-order valence-corrected chi connectivity index (χ0v) is 11.6. The minimum atomic E-state index is 0.472. The number of hydrogen-bond acceptors (Lipinski definition) is 4. The van der Waals surface area contributed by atoms with Crippen LogP contribution in [0.15, 0.2) is 12.4 Å². The summed E-state index contributed by atoms with van der Waals surface area (Å²) in [5.74, 6) is 0.938. The van der Waals surface area contributed by atoms with Gasteiger partial charge in [-0.3, -0.25) is 4.98 Å². The predicted octanol–water partition coefficient (Wildman–Crippen LogP) is 2.21. The van der Waals surface area contributed by atoms with Crippen molar-refractivity contribution in [2.45, 2.75) is 52.7 Å². The van der Waals surface area contributed by atoms with Gasteiger partial charge in [0.25, 0.3) is 0 Å². The second kappa shape index (κ2) is 6.55. The largest absolute Gasteiger partial charge is 0.356 e. The van der Waals surface area contributed by atoms with E-state index in [1.54, 1.807) is 0 Å². The molecule has 96 valence electrons. The molecule has 0 saturated carbocycles. The first-order chi connectivity index (χ1) is 8.04. The van der Waals surface area contributed by atoms with Gasteiger partial charge >= 0.3 is 0 Å². The maximum Gasteiger partial charge on any atom is 0.147 e. The maximum atomic E-state index is 4.45. The third-order valence-electron chi connectivity index (χ3n) is 3.00. The number of aromatic nitrogens is 2. The average Bonchev–Trinajstić information content (AvgIpc) is 2.35. The molecule has 0 amide bonds. The summed E-state index contributed by atoms with van der Waals surface area (Å²) in [7, 11) is 2.06. The molecule has 0 aliphatic heterocycles. The fraction of sp³-hybridized carbons (Fsp3) is 0.692. The highest BCUT2D eigenvalue weighted by molar-refractivity contribution is 5.35. The molecule has 4 nitrogen and oxygen atoms in total. The van der Waals surface area contributed by atoms with Crippen LogP contribution in [0.3, 0.4) is 0 Å². The van der Waals surface area contributed by atoms with Crippen LogP contribution in [-0.2, 0) is 6.54 Å². The van der Waals surface area contributed by atoms with E-state index < -0.39 is 0 Å². The minimum absolute atomic E-state index is 0.472. The Kier molecular flexibility index (Phi) is 5.35. The summed E-state index contributed by atoms with van der Waals surface area (Å²) in [6.45, 7) is 9.39. The topological polar surface area (TPSA) is 41.1 Å². The number of rotatable bonds is 6. The van der Waals surface area contributed by atoms with Crippen molar-refractivity contribution in [3.8, 4) is 0 Å². The Labute approximate surface area is 104 Å². The molecule has 0 aromatic carbocycles. The number of hydrogen-bond donors (Lipinski definition) is 1. The third-order valence-corrected chi connectivity index (χ3v) is 3.00. The summed E-state index contributed by atoms with van der Waals surface area (Å²) in [6, 6.07) is 0.961. The molecular weight excluding hydrogens is 212 g/mol. The standard InChI is InChI=1S/C13H24N4/c1-6-11(4)17(5)13-9-15-12(8-16-13)7-14-10(2)3/h8-11,14H,6-7H2,1-5H3. The number of nitrogens with one attached hydrogen (secondary N) is 1. The molecule has 0 saturated heterocycles. The van der Waals surface area contributed by atoms with E-state index in [9.17, 15) is 0 Å². The summed E-state index contributed by atoms with van der Waals surface area (Å²) in [4.78, 5) is 11.0. The smallest absolute Gasteiger partial charge is 0.147 e. The van der Waals surface area contributed by atoms with Gasteiger partial charge in [-0.1, -0.05) is 20.8 Å². The van der Waals surface area contributed by atoms with Crippen LogP contribution < -0.4 is 10.2 Å². The van der Waals surface area contributed by atoms with Crippen LogP contribution in [-0.4, -0.2) is 29.1 Å². The van der Waals surface area contributed by atoms with Gasteiger partial charge in [-0.25, -0.2) is 4.98 Å². The minimum Gasteiger partial charge on any atom is -0.356 e. The molecule has 1 aromatic heterocycles. The lowest BCUT2D eigenvalue weighted by atomic mass is 10.2. The SMILES string of the molecule is CCC(C)N(C)c1cnc(CNC(C)C)cn1. The molecule has 0 aliphatic rings. The van der Waals surface area contributed by atoms with Crippen molar-refractivity contribution in [3.05, 3.63) is 18.1 Å². The lowest BCUT2D eigenvalue weighted by Crippen LogP contribution is -2.29. The van der Waals surface area contributed by atoms with E-state index in [-0.39, 0.29) is 0 Å². The van der Waals surface area contributed by atoms with Crippen molar-refractivity contribution in [2.24, 2.45) is 0 Å². The number of nitrogens with zero attached hydrogens (tertiary/aromatic N) is 3. The molecule has 0 spiro atoms. The van der Waals surface area contributed by atoms with Gasteiger partial charge in [-0.2, -0.15) is 0 Å². The Morgan fingerprint density at radius 3 is 2.41 bits per heavy atom. The van der Waals surface area contributed by atoms with Crippen molar-refractivity contribution in [2.75, 3.05) is 11.9 Å². The lowest BCUT2D eigenvalue weighted by molar-refractivity contribution is 0.579. The Balaban J connectivity index is 2.61. The average molecular weight is 236 g/mol. The summed E-state index contributed by atoms with van der Waals surface area (Å²) in [6.07, 6.45) is 4.81. The molecule has 1 N–H and O–H groups in total. The zero-order valence-electron chi connectivity index (χ0n) is 11.6. The van der Waals surface area contributed by atoms with Crippen LogP contribution in [0.1, 0.15) is 39.8 Å². The van der Waals surface area contributed by atoms with Gasteiger partial charge in [0.05, 0.1) is 18.1 Å². The quantitative estimate of drug-likeness (QED) is 0.822. The lowest BCUT2D eigenvalue weighted by Gasteiger charge is -2.24. The summed E-state index contributed by atoms with van der Waals surface area (Å²) in [5, 5.41) is 3.33. The number of anilines is 1. The molecule has 17 heavy (non-hydrogen) atoms. The third kappa shape index (κ3) is 4.30. The highest BCUT2D eigenvalue weighted by atomic mass is 15.2. The molecular formula is C13H24N4. The molecule has 1 unspecified atom stereocenters. The van der Waals surface area contributed by atoms with Gasteiger partial charge in [-0.05, 0) is 13.3 Å². The second-order valence-corrected chi connectivity index (χ2v) is 4.77. The van der Waals surface area contributed by atoms with E-state index in [2.05, 4.69) is 54.9 Å². The first-order valence-corrected chi connectivity index (χ1v) is 6.31. The summed E-state index contributed by atoms with van der Waals surface area (Å²) >= 11 is 0. The van der Waals surface area contributed by atoms with Crippen molar-refractivity contribution in [1.82, 2.24) is 15.3 Å². The first-order valence-electron chi connectivity index (χ1n) is 6.31. The van der Waals surface area contributed by atoms with E-state index in [0.29, 0.717) is 12.1 Å². The highest BCUT2D eigenvalue weighted by Gasteiger charge is 2.09. The van der Waals surface area contributed by atoms with E-state index >= 15 is 0 Å². The summed E-state index contributed by atoms with van der Waals surface area (Å²) in [5.41, 5.74) is 0.986. The van der Waals surface area contributed by atoms with Crippen LogP contribution >= 0.6 is 0 Å². The Morgan fingerprint density at radius 1 is 1.24 bits per heavy atom. The fourth-order valence-corrected chi connectivity index (χ4v) is 1.43. The van der Waals surface area contributed by atoms with Gasteiger partial charge in [0.15, 0.2) is 0 Å². The first kappa shape index (κ1) is 13.9. The maximum absolute atomic E-state index is 4.45. The summed E-state index contributed by atoms with van der Waals surface area (Å²) < 4.78 is 0. The molecule has 0 radical (unpaired) electrons. The van der Waals surface area contributed by atoms with E-state index in [1.807, 2.05) is 12.4 Å². The van der Waals surface area contributed by atoms with Crippen molar-refractivity contribution in [1.29, 1.82) is 0 Å². The molecule has 4 heteroatoms. The van der Waals surface area contributed by atoms with Crippen LogP contribution in [0.4, 0.5) is 5.82 Å². The fourth-order valence-electron chi connectivity index (χ4n) is 1.43. The van der Waals surface area contributed by atoms with Crippen LogP contribution in [0.25, 0.3) is 0 Å². The van der Waals surface area contributed by atoms with Gasteiger partial charge in [0.2, 0.25) is 0 Å². The Hall–Kier alpha value is -1.16. The molecule has 0 bridgehead atoms. The molecule has 1 aromatic rings. The Morgan fingerprint density at radius 2 is 1.94 bits per heavy atom. The van der Waals surface area contributed by atoms with E-state index in [4.69, 9.17) is 0 Å². The van der Waals surface area contributed by atoms with Crippen LogP contribution in [0.2, 0.25) is 0 Å². The molecule has 0 fully saturated rings. The van der Waals surface area contributed by atoms with E-state index in [0.717, 1.165) is 24.5 Å². The van der Waals surface area contributed by atoms with Gasteiger partial charge < -0.3 is 10.2 Å². The molecule has 1 rings (SSSR count). The van der Waals surface area contributed by atoms with Crippen LogP contribution in [0.5, 0.6) is 0 Å². The van der Waals surface area contributed by atoms with Gasteiger partial charge in [0, 0.05) is 25.7 Å². The van der Waals surface area contributed by atoms with Crippen molar-refractivity contribution < 1.29 is 0 Å². The van der Waals surface area contributed by atoms with Gasteiger partial charge in [0.1, 0.15) is 5.82 Å². The van der Waals surface area contributed by atoms with Crippen molar-refractivity contribution in [3.63, 3.8) is 0 Å². The molecule has 1 atom stereocenters. The Bertz CT molecular complexity index is 321. The van der Waals surface area contributed by atoms with Crippen molar-refractivity contribution >= 4 is 5.82 Å². The van der Waals surface area contributed by atoms with E-state index in [1.165, 1.54) is 0 Å². The second-order valence-electron chi connectivity index (χ2n) is 4.77. The molecule has 0 aliphatic carbocycles. The van der Waals surface area contributed by atoms with Crippen LogP contribution in [0, 0.1) is 0 Å². The molecule has 1 heterocycles.